The molecule has 2 aromatic rings. The van der Waals surface area contributed by atoms with Crippen LogP contribution >= 0.6 is 0 Å². The molecule has 1 atom stereocenters. The zero-order chi connectivity index (χ0) is 14.9. The van der Waals surface area contributed by atoms with Crippen molar-refractivity contribution in [2.75, 3.05) is 0 Å². The van der Waals surface area contributed by atoms with E-state index in [0.717, 1.165) is 17.7 Å². The van der Waals surface area contributed by atoms with Gasteiger partial charge in [-0.2, -0.15) is 13.2 Å². The van der Waals surface area contributed by atoms with Crippen molar-refractivity contribution < 1.29 is 18.3 Å². The van der Waals surface area contributed by atoms with E-state index in [4.69, 9.17) is 0 Å². The van der Waals surface area contributed by atoms with Crippen LogP contribution in [0.3, 0.4) is 0 Å². The minimum atomic E-state index is -4.36. The molecule has 1 unspecified atom stereocenters. The third-order valence-corrected chi connectivity index (χ3v) is 3.37. The van der Waals surface area contributed by atoms with Crippen LogP contribution in [0.1, 0.15) is 33.9 Å². The lowest BCUT2D eigenvalue weighted by Crippen LogP contribution is -2.08. The van der Waals surface area contributed by atoms with Gasteiger partial charge in [0.2, 0.25) is 0 Å². The average molecular weight is 280 g/mol. The highest BCUT2D eigenvalue weighted by atomic mass is 19.4. The van der Waals surface area contributed by atoms with Crippen LogP contribution in [0.2, 0.25) is 0 Å². The van der Waals surface area contributed by atoms with E-state index in [1.165, 1.54) is 6.07 Å². The molecule has 0 bridgehead atoms. The molecule has 106 valence electrons. The number of halogens is 3. The monoisotopic (exact) mass is 280 g/mol. The molecular weight excluding hydrogens is 265 g/mol. The second kappa shape index (κ2) is 5.29. The first-order chi connectivity index (χ1) is 9.30. The Morgan fingerprint density at radius 3 is 2.05 bits per heavy atom. The first-order valence-corrected chi connectivity index (χ1v) is 6.22. The van der Waals surface area contributed by atoms with Gasteiger partial charge in [-0.15, -0.1) is 0 Å². The third-order valence-electron chi connectivity index (χ3n) is 3.37. The van der Waals surface area contributed by atoms with E-state index in [1.54, 1.807) is 19.1 Å². The Bertz CT molecular complexity index is 617. The van der Waals surface area contributed by atoms with Crippen molar-refractivity contribution in [1.82, 2.24) is 0 Å². The van der Waals surface area contributed by atoms with Crippen LogP contribution in [0, 0.1) is 13.8 Å². The Balaban J connectivity index is 2.42. The second-order valence-electron chi connectivity index (χ2n) is 4.83. The largest absolute Gasteiger partial charge is 0.416 e. The summed E-state index contributed by atoms with van der Waals surface area (Å²) in [4.78, 5) is 0. The smallest absolute Gasteiger partial charge is 0.384 e. The molecule has 4 heteroatoms. The van der Waals surface area contributed by atoms with Crippen molar-refractivity contribution in [1.29, 1.82) is 0 Å². The molecule has 0 aromatic heterocycles. The molecule has 2 rings (SSSR count). The summed E-state index contributed by atoms with van der Waals surface area (Å²) in [6.45, 7) is 3.43. The zero-order valence-electron chi connectivity index (χ0n) is 11.2. The highest BCUT2D eigenvalue weighted by Gasteiger charge is 2.31. The molecule has 0 saturated carbocycles. The SMILES string of the molecule is Cc1ccccc1C(O)c1ccc(C(F)(F)F)cc1C. The van der Waals surface area contributed by atoms with Crippen LogP contribution in [0.15, 0.2) is 42.5 Å². The van der Waals surface area contributed by atoms with Gasteiger partial charge in [-0.05, 0) is 48.2 Å². The summed E-state index contributed by atoms with van der Waals surface area (Å²) in [5.74, 6) is 0. The summed E-state index contributed by atoms with van der Waals surface area (Å²) in [7, 11) is 0. The Labute approximate surface area is 115 Å². The highest BCUT2D eigenvalue weighted by Crippen LogP contribution is 2.33. The van der Waals surface area contributed by atoms with Gasteiger partial charge in [-0.3, -0.25) is 0 Å². The Hall–Kier alpha value is -1.81. The zero-order valence-corrected chi connectivity index (χ0v) is 11.2. The molecule has 20 heavy (non-hydrogen) atoms. The van der Waals surface area contributed by atoms with Gasteiger partial charge in [0.1, 0.15) is 6.10 Å². The summed E-state index contributed by atoms with van der Waals surface area (Å²) in [5.41, 5.74) is 1.83. The maximum Gasteiger partial charge on any atom is 0.416 e. The van der Waals surface area contributed by atoms with Gasteiger partial charge in [0.25, 0.3) is 0 Å². The van der Waals surface area contributed by atoms with Crippen LogP contribution in [0.25, 0.3) is 0 Å². The summed E-state index contributed by atoms with van der Waals surface area (Å²) in [6, 6.07) is 10.7. The molecule has 0 aliphatic rings. The van der Waals surface area contributed by atoms with E-state index in [1.807, 2.05) is 19.1 Å². The topological polar surface area (TPSA) is 20.2 Å². The molecule has 0 aliphatic heterocycles. The van der Waals surface area contributed by atoms with Crippen LogP contribution in [0.5, 0.6) is 0 Å². The van der Waals surface area contributed by atoms with Crippen LogP contribution in [-0.4, -0.2) is 5.11 Å². The molecule has 0 heterocycles. The minimum absolute atomic E-state index is 0.426. The lowest BCUT2D eigenvalue weighted by molar-refractivity contribution is -0.137. The lowest BCUT2D eigenvalue weighted by Gasteiger charge is -2.17. The lowest BCUT2D eigenvalue weighted by atomic mass is 9.93. The Kier molecular flexibility index (Phi) is 3.86. The van der Waals surface area contributed by atoms with Crippen molar-refractivity contribution in [3.05, 3.63) is 70.3 Å². The summed E-state index contributed by atoms with van der Waals surface area (Å²) in [6.07, 6.45) is -5.28. The molecule has 0 fully saturated rings. The molecule has 1 nitrogen and oxygen atoms in total. The van der Waals surface area contributed by atoms with Gasteiger partial charge >= 0.3 is 6.18 Å². The third kappa shape index (κ3) is 2.85. The van der Waals surface area contributed by atoms with Gasteiger partial charge in [-0.1, -0.05) is 30.3 Å². The number of hydrogen-bond acceptors (Lipinski definition) is 1. The molecular formula is C16H15F3O. The average Bonchev–Trinajstić information content (AvgIpc) is 2.37. The van der Waals surface area contributed by atoms with Gasteiger partial charge in [-0.25, -0.2) is 0 Å². The summed E-state index contributed by atoms with van der Waals surface area (Å²) < 4.78 is 37.9. The van der Waals surface area contributed by atoms with Crippen molar-refractivity contribution in [3.8, 4) is 0 Å². The Morgan fingerprint density at radius 1 is 0.900 bits per heavy atom. The van der Waals surface area contributed by atoms with Gasteiger partial charge in [0.15, 0.2) is 0 Å². The predicted molar refractivity (Wildman–Crippen MR) is 71.4 cm³/mol. The quantitative estimate of drug-likeness (QED) is 0.864. The second-order valence-corrected chi connectivity index (χ2v) is 4.83. The number of rotatable bonds is 2. The number of benzene rings is 2. The molecule has 0 radical (unpaired) electrons. The molecule has 0 spiro atoms. The number of aliphatic hydroxyl groups is 1. The van der Waals surface area contributed by atoms with Crippen molar-refractivity contribution in [2.45, 2.75) is 26.1 Å². The number of alkyl halides is 3. The molecule has 1 N–H and O–H groups in total. The molecule has 0 saturated heterocycles. The van der Waals surface area contributed by atoms with Gasteiger partial charge in [0.05, 0.1) is 5.56 Å². The number of hydrogen-bond donors (Lipinski definition) is 1. The number of aliphatic hydroxyl groups excluding tert-OH is 1. The highest BCUT2D eigenvalue weighted by molar-refractivity contribution is 5.40. The fourth-order valence-electron chi connectivity index (χ4n) is 2.22. The van der Waals surface area contributed by atoms with E-state index >= 15 is 0 Å². The molecule has 0 aliphatic carbocycles. The normalized spacial score (nSPS) is 13.3. The fraction of sp³-hybridized carbons (Fsp3) is 0.250. The van der Waals surface area contributed by atoms with Crippen LogP contribution in [0.4, 0.5) is 13.2 Å². The predicted octanol–water partition coefficient (Wildman–Crippen LogP) is 4.40. The van der Waals surface area contributed by atoms with Crippen LogP contribution < -0.4 is 0 Å². The first kappa shape index (κ1) is 14.6. The summed E-state index contributed by atoms with van der Waals surface area (Å²) in [5, 5.41) is 10.4. The van der Waals surface area contributed by atoms with E-state index in [2.05, 4.69) is 0 Å². The van der Waals surface area contributed by atoms with E-state index in [-0.39, 0.29) is 0 Å². The van der Waals surface area contributed by atoms with E-state index in [0.29, 0.717) is 16.7 Å². The Morgan fingerprint density at radius 2 is 1.50 bits per heavy atom. The molecule has 2 aromatic carbocycles. The number of aryl methyl sites for hydroxylation is 2. The van der Waals surface area contributed by atoms with Crippen molar-refractivity contribution >= 4 is 0 Å². The minimum Gasteiger partial charge on any atom is -0.384 e. The summed E-state index contributed by atoms with van der Waals surface area (Å²) >= 11 is 0. The standard InChI is InChI=1S/C16H15F3O/c1-10-5-3-4-6-13(10)15(20)14-8-7-12(9-11(14)2)16(17,18)19/h3-9,15,20H,1-2H3. The molecule has 0 amide bonds. The van der Waals surface area contributed by atoms with Crippen molar-refractivity contribution in [3.63, 3.8) is 0 Å². The van der Waals surface area contributed by atoms with Gasteiger partial charge < -0.3 is 5.11 Å². The van der Waals surface area contributed by atoms with Crippen molar-refractivity contribution in [2.24, 2.45) is 0 Å². The fourth-order valence-corrected chi connectivity index (χ4v) is 2.22. The van der Waals surface area contributed by atoms with E-state index < -0.39 is 17.8 Å². The van der Waals surface area contributed by atoms with Crippen LogP contribution in [-0.2, 0) is 6.18 Å². The van der Waals surface area contributed by atoms with E-state index in [9.17, 15) is 18.3 Å². The first-order valence-electron chi connectivity index (χ1n) is 6.22. The maximum atomic E-state index is 12.6. The van der Waals surface area contributed by atoms with Gasteiger partial charge in [0, 0.05) is 0 Å². The maximum absolute atomic E-state index is 12.6.